The van der Waals surface area contributed by atoms with E-state index in [2.05, 4.69) is 23.3 Å². The number of hydrogen-bond donors (Lipinski definition) is 3. The third-order valence-electron chi connectivity index (χ3n) is 2.87. The number of rotatable bonds is 6. The summed E-state index contributed by atoms with van der Waals surface area (Å²) >= 11 is 3.91. The molecule has 2 amide bonds. The zero-order chi connectivity index (χ0) is 15.1. The Hall–Kier alpha value is -1.56. The highest BCUT2D eigenvalue weighted by Crippen LogP contribution is 2.13. The van der Waals surface area contributed by atoms with Crippen molar-refractivity contribution >= 4 is 24.4 Å². The van der Waals surface area contributed by atoms with E-state index in [0.29, 0.717) is 5.56 Å². The lowest BCUT2D eigenvalue weighted by molar-refractivity contribution is -0.121. The molecule has 0 aromatic heterocycles. The molecule has 1 rings (SSSR count). The fourth-order valence-corrected chi connectivity index (χ4v) is 1.71. The molecule has 0 bridgehead atoms. The molecule has 2 N–H and O–H groups in total. The van der Waals surface area contributed by atoms with Gasteiger partial charge in [0.15, 0.2) is 0 Å². The largest absolute Gasteiger partial charge is 0.354 e. The molecule has 0 heterocycles. The van der Waals surface area contributed by atoms with E-state index in [-0.39, 0.29) is 35.7 Å². The summed E-state index contributed by atoms with van der Waals surface area (Å²) < 4.78 is 13.0. The van der Waals surface area contributed by atoms with Gasteiger partial charge in [0.2, 0.25) is 5.91 Å². The molecule has 0 fully saturated rings. The van der Waals surface area contributed by atoms with E-state index in [0.717, 1.165) is 6.42 Å². The van der Waals surface area contributed by atoms with Crippen molar-refractivity contribution in [3.8, 4) is 0 Å². The van der Waals surface area contributed by atoms with Gasteiger partial charge in [-0.1, -0.05) is 6.92 Å². The molecule has 0 saturated carbocycles. The molecule has 6 heteroatoms. The first-order chi connectivity index (χ1) is 9.43. The summed E-state index contributed by atoms with van der Waals surface area (Å²) in [7, 11) is 0. The second-order valence-corrected chi connectivity index (χ2v) is 5.03. The van der Waals surface area contributed by atoms with Crippen LogP contribution in [0.4, 0.5) is 4.39 Å². The first-order valence-corrected chi connectivity index (χ1v) is 6.94. The van der Waals surface area contributed by atoms with Crippen LogP contribution < -0.4 is 10.6 Å². The minimum absolute atomic E-state index is 0.103. The van der Waals surface area contributed by atoms with E-state index in [1.54, 1.807) is 0 Å². The molecule has 0 aliphatic carbocycles. The Balaban J connectivity index is 2.40. The number of amides is 2. The van der Waals surface area contributed by atoms with Crippen molar-refractivity contribution in [2.24, 2.45) is 0 Å². The minimum atomic E-state index is -0.474. The smallest absolute Gasteiger partial charge is 0.251 e. The number of hydrogen-bond acceptors (Lipinski definition) is 3. The maximum absolute atomic E-state index is 13.0. The van der Waals surface area contributed by atoms with Gasteiger partial charge in [0.1, 0.15) is 5.82 Å². The molecule has 20 heavy (non-hydrogen) atoms. The van der Waals surface area contributed by atoms with Gasteiger partial charge in [0, 0.05) is 29.5 Å². The van der Waals surface area contributed by atoms with Crippen molar-refractivity contribution in [1.82, 2.24) is 10.6 Å². The Kier molecular flexibility index (Phi) is 6.51. The molecule has 4 nitrogen and oxygen atoms in total. The van der Waals surface area contributed by atoms with Crippen LogP contribution in [0.2, 0.25) is 0 Å². The molecule has 0 radical (unpaired) electrons. The Morgan fingerprint density at radius 1 is 1.40 bits per heavy atom. The van der Waals surface area contributed by atoms with Crippen LogP contribution in [0.3, 0.4) is 0 Å². The summed E-state index contributed by atoms with van der Waals surface area (Å²) in [4.78, 5) is 23.4. The molecule has 1 atom stereocenters. The SMILES string of the molecule is CCC(C)NC(=O)CCNC(=O)c1ccc(F)c(S)c1. The normalized spacial score (nSPS) is 11.8. The first kappa shape index (κ1) is 16.5. The minimum Gasteiger partial charge on any atom is -0.354 e. The molecule has 0 saturated heterocycles. The maximum Gasteiger partial charge on any atom is 0.251 e. The average Bonchev–Trinajstić information content (AvgIpc) is 2.41. The molecule has 1 aromatic rings. The summed E-state index contributed by atoms with van der Waals surface area (Å²) in [5.41, 5.74) is 0.318. The van der Waals surface area contributed by atoms with Crippen LogP contribution in [-0.2, 0) is 4.79 Å². The van der Waals surface area contributed by atoms with Gasteiger partial charge in [-0.3, -0.25) is 9.59 Å². The number of carbonyl (C=O) groups excluding carboxylic acids is 2. The Labute approximate surface area is 123 Å². The van der Waals surface area contributed by atoms with Crippen molar-refractivity contribution in [3.63, 3.8) is 0 Å². The fourth-order valence-electron chi connectivity index (χ4n) is 1.49. The average molecular weight is 298 g/mol. The molecule has 1 unspecified atom stereocenters. The lowest BCUT2D eigenvalue weighted by atomic mass is 10.2. The Morgan fingerprint density at radius 3 is 2.70 bits per heavy atom. The van der Waals surface area contributed by atoms with Crippen LogP contribution in [0.1, 0.15) is 37.0 Å². The zero-order valence-electron chi connectivity index (χ0n) is 11.6. The van der Waals surface area contributed by atoms with E-state index in [1.807, 2.05) is 13.8 Å². The van der Waals surface area contributed by atoms with E-state index in [1.165, 1.54) is 18.2 Å². The zero-order valence-corrected chi connectivity index (χ0v) is 12.5. The van der Waals surface area contributed by atoms with Gasteiger partial charge in [0.05, 0.1) is 0 Å². The van der Waals surface area contributed by atoms with Gasteiger partial charge < -0.3 is 10.6 Å². The van der Waals surface area contributed by atoms with Crippen LogP contribution in [0.25, 0.3) is 0 Å². The molecule has 0 aliphatic heterocycles. The second-order valence-electron chi connectivity index (χ2n) is 4.55. The number of benzene rings is 1. The monoisotopic (exact) mass is 298 g/mol. The van der Waals surface area contributed by atoms with Gasteiger partial charge in [-0.15, -0.1) is 12.6 Å². The standard InChI is InChI=1S/C14H19FN2O2S/c1-3-9(2)17-13(18)6-7-16-14(19)10-4-5-11(15)12(20)8-10/h4-5,8-9,20H,3,6-7H2,1-2H3,(H,16,19)(H,17,18). The topological polar surface area (TPSA) is 58.2 Å². The van der Waals surface area contributed by atoms with Crippen molar-refractivity contribution < 1.29 is 14.0 Å². The third-order valence-corrected chi connectivity index (χ3v) is 3.21. The van der Waals surface area contributed by atoms with E-state index >= 15 is 0 Å². The summed E-state index contributed by atoms with van der Waals surface area (Å²) in [5.74, 6) is -0.928. The highest BCUT2D eigenvalue weighted by atomic mass is 32.1. The molecule has 1 aromatic carbocycles. The van der Waals surface area contributed by atoms with Crippen LogP contribution in [0.15, 0.2) is 23.1 Å². The number of halogens is 1. The number of thiol groups is 1. The van der Waals surface area contributed by atoms with E-state index in [4.69, 9.17) is 0 Å². The molecular weight excluding hydrogens is 279 g/mol. The van der Waals surface area contributed by atoms with Gasteiger partial charge in [-0.05, 0) is 31.5 Å². The van der Waals surface area contributed by atoms with Crippen LogP contribution in [0, 0.1) is 5.82 Å². The van der Waals surface area contributed by atoms with Gasteiger partial charge >= 0.3 is 0 Å². The first-order valence-electron chi connectivity index (χ1n) is 6.50. The quantitative estimate of drug-likeness (QED) is 0.705. The van der Waals surface area contributed by atoms with Gasteiger partial charge in [-0.2, -0.15) is 0 Å². The van der Waals surface area contributed by atoms with Gasteiger partial charge in [0.25, 0.3) is 5.91 Å². The van der Waals surface area contributed by atoms with Crippen molar-refractivity contribution in [2.75, 3.05) is 6.54 Å². The van der Waals surface area contributed by atoms with Crippen LogP contribution >= 0.6 is 12.6 Å². The van der Waals surface area contributed by atoms with Crippen LogP contribution in [-0.4, -0.2) is 24.4 Å². The number of carbonyl (C=O) groups is 2. The lowest BCUT2D eigenvalue weighted by Gasteiger charge is -2.11. The molecule has 0 spiro atoms. The summed E-state index contributed by atoms with van der Waals surface area (Å²) in [6, 6.07) is 4.05. The Morgan fingerprint density at radius 2 is 2.10 bits per heavy atom. The third kappa shape index (κ3) is 5.21. The highest BCUT2D eigenvalue weighted by Gasteiger charge is 2.09. The summed E-state index contributed by atoms with van der Waals surface area (Å²) in [6.45, 7) is 4.14. The molecule has 0 aliphatic rings. The van der Waals surface area contributed by atoms with Gasteiger partial charge in [-0.25, -0.2) is 4.39 Å². The summed E-state index contributed by atoms with van der Waals surface area (Å²) in [6.07, 6.45) is 1.07. The molecular formula is C14H19FN2O2S. The number of nitrogens with one attached hydrogen (secondary N) is 2. The van der Waals surface area contributed by atoms with Crippen molar-refractivity contribution in [3.05, 3.63) is 29.6 Å². The van der Waals surface area contributed by atoms with Crippen molar-refractivity contribution in [2.45, 2.75) is 37.6 Å². The van der Waals surface area contributed by atoms with Crippen LogP contribution in [0.5, 0.6) is 0 Å². The molecule has 110 valence electrons. The maximum atomic E-state index is 13.0. The van der Waals surface area contributed by atoms with E-state index in [9.17, 15) is 14.0 Å². The predicted molar refractivity (Wildman–Crippen MR) is 78.5 cm³/mol. The van der Waals surface area contributed by atoms with Crippen molar-refractivity contribution in [1.29, 1.82) is 0 Å². The second kappa shape index (κ2) is 7.89. The van der Waals surface area contributed by atoms with E-state index < -0.39 is 5.82 Å². The predicted octanol–water partition coefficient (Wildman–Crippen LogP) is 2.15. The lowest BCUT2D eigenvalue weighted by Crippen LogP contribution is -2.35. The fraction of sp³-hybridized carbons (Fsp3) is 0.429. The summed E-state index contributed by atoms with van der Waals surface area (Å²) in [5, 5.41) is 5.42. The highest BCUT2D eigenvalue weighted by molar-refractivity contribution is 7.80. The Bertz CT molecular complexity index is 494.